The van der Waals surface area contributed by atoms with Crippen molar-refractivity contribution in [3.8, 4) is 17.1 Å². The average Bonchev–Trinajstić information content (AvgIpc) is 3.31. The Morgan fingerprint density at radius 2 is 0.536 bits per heavy atom. The largest absolute Gasteiger partial charge is 0.334 e. The normalized spacial score (nSPS) is 14.9. The standard InChI is InChI=1S/C78H58N6/c1-7-25-55(26-8-1)79(56-27-9-2-10-28-56)61-43-49-64(50-44-61)82-70-40-22-19-37-67(70)73-76(82)74-68-38-20-23-41-71(68)83(65-51-45-62(46-52-65)80(57-29-11-3-12-30-57)58-31-13-4-14-32-58)78(74)75-69-39-21-24-42-72(69)84(77(73)75)66-53-47-63(48-54-66)81(59-33-15-5-16-34-59)60-35-17-6-18-36-60/h1-31,33-35,37-54,58,60H,32,36H2. The maximum atomic E-state index is 2.55. The molecule has 0 radical (unpaired) electrons. The lowest BCUT2D eigenvalue weighted by atomic mass is 10.0. The molecule has 2 atom stereocenters. The second kappa shape index (κ2) is 20.6. The lowest BCUT2D eigenvalue weighted by Gasteiger charge is -2.32. The molecule has 400 valence electrons. The highest BCUT2D eigenvalue weighted by molar-refractivity contribution is 6.40. The van der Waals surface area contributed by atoms with Crippen molar-refractivity contribution in [3.63, 3.8) is 0 Å². The molecule has 16 rings (SSSR count). The zero-order chi connectivity index (χ0) is 55.5. The molecule has 0 aliphatic heterocycles. The fourth-order valence-corrected chi connectivity index (χ4v) is 13.6. The van der Waals surface area contributed by atoms with Crippen molar-refractivity contribution >= 4 is 105 Å². The van der Waals surface area contributed by atoms with Crippen LogP contribution in [0.3, 0.4) is 0 Å². The van der Waals surface area contributed by atoms with Gasteiger partial charge in [0.2, 0.25) is 0 Å². The Morgan fingerprint density at radius 3 is 0.857 bits per heavy atom. The minimum absolute atomic E-state index is 0.183. The molecular formula is C78H58N6. The van der Waals surface area contributed by atoms with E-state index in [1.807, 2.05) is 0 Å². The molecule has 14 aromatic rings. The number of hydrogen-bond donors (Lipinski definition) is 0. The molecular weight excluding hydrogens is 1020 g/mol. The van der Waals surface area contributed by atoms with Crippen LogP contribution in [0.4, 0.5) is 39.8 Å². The Morgan fingerprint density at radius 1 is 0.262 bits per heavy atom. The molecule has 0 saturated carbocycles. The van der Waals surface area contributed by atoms with Crippen LogP contribution in [0.1, 0.15) is 12.8 Å². The summed E-state index contributed by atoms with van der Waals surface area (Å²) >= 11 is 0. The minimum Gasteiger partial charge on any atom is -0.334 e. The Bertz CT molecular complexity index is 4690. The van der Waals surface area contributed by atoms with Gasteiger partial charge >= 0.3 is 0 Å². The first kappa shape index (κ1) is 49.0. The number of benzene rings is 11. The Kier molecular flexibility index (Phi) is 12.0. The maximum absolute atomic E-state index is 2.55. The van der Waals surface area contributed by atoms with Crippen molar-refractivity contribution in [1.82, 2.24) is 13.7 Å². The monoisotopic (exact) mass is 1080 g/mol. The maximum Gasteiger partial charge on any atom is 0.0663 e. The molecule has 2 unspecified atom stereocenters. The summed E-state index contributed by atoms with van der Waals surface area (Å²) in [5.41, 5.74) is 18.1. The molecule has 6 heteroatoms. The molecule has 2 aliphatic rings. The van der Waals surface area contributed by atoms with E-state index < -0.39 is 0 Å². The second-order valence-electron chi connectivity index (χ2n) is 21.9. The zero-order valence-corrected chi connectivity index (χ0v) is 46.3. The molecule has 3 heterocycles. The molecule has 84 heavy (non-hydrogen) atoms. The van der Waals surface area contributed by atoms with E-state index in [-0.39, 0.29) is 12.1 Å². The first-order valence-electron chi connectivity index (χ1n) is 29.2. The highest BCUT2D eigenvalue weighted by atomic mass is 15.2. The number of nitrogens with zero attached hydrogens (tertiary/aromatic N) is 6. The van der Waals surface area contributed by atoms with E-state index in [0.29, 0.717) is 0 Å². The molecule has 0 saturated heterocycles. The number of fused-ring (bicyclic) bond motifs is 12. The molecule has 11 aromatic carbocycles. The Labute approximate surface area is 488 Å². The molecule has 0 spiro atoms. The van der Waals surface area contributed by atoms with Gasteiger partial charge < -0.3 is 28.4 Å². The third-order valence-corrected chi connectivity index (χ3v) is 17.1. The Hall–Kier alpha value is -10.8. The summed E-state index contributed by atoms with van der Waals surface area (Å²) in [5, 5.41) is 7.23. The molecule has 0 amide bonds. The van der Waals surface area contributed by atoms with Crippen molar-refractivity contribution in [2.45, 2.75) is 24.9 Å². The lowest BCUT2D eigenvalue weighted by molar-refractivity contribution is 0.785. The Balaban J connectivity index is 0.985. The topological polar surface area (TPSA) is 24.5 Å². The van der Waals surface area contributed by atoms with Gasteiger partial charge in [0.05, 0.1) is 45.2 Å². The molecule has 3 aromatic heterocycles. The highest BCUT2D eigenvalue weighted by Gasteiger charge is 2.30. The van der Waals surface area contributed by atoms with E-state index in [9.17, 15) is 0 Å². The summed E-state index contributed by atoms with van der Waals surface area (Å²) in [4.78, 5) is 7.28. The predicted octanol–water partition coefficient (Wildman–Crippen LogP) is 20.5. The third-order valence-electron chi connectivity index (χ3n) is 17.1. The van der Waals surface area contributed by atoms with Crippen LogP contribution in [-0.2, 0) is 0 Å². The minimum atomic E-state index is 0.183. The summed E-state index contributed by atoms with van der Waals surface area (Å²) in [7, 11) is 0. The number of aromatic nitrogens is 3. The van der Waals surface area contributed by atoms with Gasteiger partial charge in [-0.25, -0.2) is 0 Å². The van der Waals surface area contributed by atoms with Gasteiger partial charge in [-0.15, -0.1) is 0 Å². The van der Waals surface area contributed by atoms with Crippen LogP contribution in [-0.4, -0.2) is 25.8 Å². The first-order valence-corrected chi connectivity index (χ1v) is 29.2. The van der Waals surface area contributed by atoms with Crippen LogP contribution in [0.2, 0.25) is 0 Å². The molecule has 0 bridgehead atoms. The van der Waals surface area contributed by atoms with E-state index in [0.717, 1.165) is 74.9 Å². The van der Waals surface area contributed by atoms with E-state index in [4.69, 9.17) is 0 Å². The van der Waals surface area contributed by atoms with Crippen LogP contribution in [0.5, 0.6) is 0 Å². The fraction of sp³-hybridized carbons (Fsp3) is 0.0513. The van der Waals surface area contributed by atoms with Gasteiger partial charge in [0.1, 0.15) is 0 Å². The van der Waals surface area contributed by atoms with Gasteiger partial charge in [0.15, 0.2) is 0 Å². The van der Waals surface area contributed by atoms with E-state index in [2.05, 4.69) is 344 Å². The van der Waals surface area contributed by atoms with E-state index >= 15 is 0 Å². The second-order valence-corrected chi connectivity index (χ2v) is 21.9. The number of hydrogen-bond acceptors (Lipinski definition) is 3. The summed E-state index contributed by atoms with van der Waals surface area (Å²) in [6, 6.07) is 98.3. The van der Waals surface area contributed by atoms with E-state index in [1.165, 1.54) is 60.2 Å². The fourth-order valence-electron chi connectivity index (χ4n) is 13.6. The summed E-state index contributed by atoms with van der Waals surface area (Å²) in [5.74, 6) is 0. The van der Waals surface area contributed by atoms with Crippen LogP contribution < -0.4 is 14.7 Å². The van der Waals surface area contributed by atoms with Crippen LogP contribution >= 0.6 is 0 Å². The van der Waals surface area contributed by atoms with Crippen molar-refractivity contribution < 1.29 is 0 Å². The summed E-state index contributed by atoms with van der Waals surface area (Å²) in [6.45, 7) is 0. The van der Waals surface area contributed by atoms with Crippen molar-refractivity contribution in [2.75, 3.05) is 14.7 Å². The molecule has 6 nitrogen and oxygen atoms in total. The number of anilines is 7. The smallest absolute Gasteiger partial charge is 0.0663 e. The van der Waals surface area contributed by atoms with Gasteiger partial charge in [0, 0.05) is 89.2 Å². The predicted molar refractivity (Wildman–Crippen MR) is 355 cm³/mol. The van der Waals surface area contributed by atoms with Gasteiger partial charge in [-0.05, 0) is 152 Å². The van der Waals surface area contributed by atoms with Gasteiger partial charge in [0.25, 0.3) is 0 Å². The zero-order valence-electron chi connectivity index (χ0n) is 46.3. The molecule has 0 N–H and O–H groups in total. The van der Waals surface area contributed by atoms with Crippen molar-refractivity contribution in [1.29, 1.82) is 0 Å². The molecule has 2 aliphatic carbocycles. The van der Waals surface area contributed by atoms with Crippen molar-refractivity contribution in [2.24, 2.45) is 0 Å². The SMILES string of the molecule is C1=CCC(N(c2ccccc2)c2ccc(-n3c4ccccc4c4c5c(c6ccccc6n5-c5ccc(N(c6ccccc6)c6ccccc6)cc5)c5c(c6ccccc6n5-c5ccc(N(c6ccccc6)C6C=CC=CC6)cc5)c43)cc2)C=C1. The van der Waals surface area contributed by atoms with Gasteiger partial charge in [-0.1, -0.05) is 176 Å². The van der Waals surface area contributed by atoms with Crippen LogP contribution in [0.15, 0.2) is 316 Å². The average molecular weight is 1080 g/mol. The lowest BCUT2D eigenvalue weighted by Crippen LogP contribution is -2.29. The summed E-state index contributed by atoms with van der Waals surface area (Å²) in [6.07, 6.45) is 19.7. The van der Waals surface area contributed by atoms with Crippen molar-refractivity contribution in [3.05, 3.63) is 316 Å². The van der Waals surface area contributed by atoms with Gasteiger partial charge in [-0.3, -0.25) is 0 Å². The third kappa shape index (κ3) is 8.09. The van der Waals surface area contributed by atoms with Crippen LogP contribution in [0.25, 0.3) is 82.5 Å². The van der Waals surface area contributed by atoms with E-state index in [1.54, 1.807) is 0 Å². The number of allylic oxidation sites excluding steroid dienone is 4. The van der Waals surface area contributed by atoms with Crippen LogP contribution in [0, 0.1) is 0 Å². The van der Waals surface area contributed by atoms with Gasteiger partial charge in [-0.2, -0.15) is 0 Å². The quantitative estimate of drug-likeness (QED) is 0.122. The number of para-hydroxylation sites is 7. The first-order chi connectivity index (χ1) is 41.7. The highest BCUT2D eigenvalue weighted by Crippen LogP contribution is 2.51. The number of rotatable bonds is 12. The molecule has 0 fully saturated rings. The summed E-state index contributed by atoms with van der Waals surface area (Å²) < 4.78 is 7.65.